The van der Waals surface area contributed by atoms with E-state index in [2.05, 4.69) is 31.4 Å². The molecule has 1 aliphatic carbocycles. The number of nitrogens with zero attached hydrogens (tertiary/aromatic N) is 2. The lowest BCUT2D eigenvalue weighted by atomic mass is 9.86. The molecule has 0 radical (unpaired) electrons. The quantitative estimate of drug-likeness (QED) is 0.633. The molecule has 1 atom stereocenters. The largest absolute Gasteiger partial charge is 0.497 e. The number of rotatable bonds is 7. The van der Waals surface area contributed by atoms with Crippen LogP contribution in [0.3, 0.4) is 0 Å². The molecule has 154 valence electrons. The van der Waals surface area contributed by atoms with Gasteiger partial charge in [0.1, 0.15) is 30.0 Å². The Bertz CT molecular complexity index is 999. The summed E-state index contributed by atoms with van der Waals surface area (Å²) in [7, 11) is 1.67. The monoisotopic (exact) mass is 394 g/mol. The highest BCUT2D eigenvalue weighted by Gasteiger charge is 2.30. The lowest BCUT2D eigenvalue weighted by molar-refractivity contribution is 0.0917. The van der Waals surface area contributed by atoms with Crippen molar-refractivity contribution in [1.29, 1.82) is 0 Å². The lowest BCUT2D eigenvalue weighted by Crippen LogP contribution is -2.25. The van der Waals surface area contributed by atoms with Crippen LogP contribution in [0.15, 0.2) is 42.5 Å². The molecular formula is C24H30N2O3. The van der Waals surface area contributed by atoms with E-state index in [9.17, 15) is 5.11 Å². The molecule has 29 heavy (non-hydrogen) atoms. The van der Waals surface area contributed by atoms with Gasteiger partial charge >= 0.3 is 0 Å². The Balaban J connectivity index is 1.51. The fourth-order valence-electron chi connectivity index (χ4n) is 3.74. The first-order chi connectivity index (χ1) is 13.9. The molecule has 1 saturated carbocycles. The minimum absolute atomic E-state index is 0.0888. The Hall–Kier alpha value is -2.53. The highest BCUT2D eigenvalue weighted by atomic mass is 16.5. The Kier molecular flexibility index (Phi) is 5.26. The molecule has 1 fully saturated rings. The Labute approximate surface area is 172 Å². The number of hydrogen-bond donors (Lipinski definition) is 1. The van der Waals surface area contributed by atoms with E-state index in [1.54, 1.807) is 7.11 Å². The molecule has 0 spiro atoms. The predicted molar refractivity (Wildman–Crippen MR) is 115 cm³/mol. The van der Waals surface area contributed by atoms with Gasteiger partial charge in [0.15, 0.2) is 0 Å². The van der Waals surface area contributed by atoms with Gasteiger partial charge in [-0.05, 0) is 48.6 Å². The molecule has 0 amide bonds. The number of aromatic nitrogens is 2. The van der Waals surface area contributed by atoms with E-state index < -0.39 is 6.10 Å². The standard InChI is InChI=1S/C24H30N2O3/c1-24(2,3)19-13-18(28-4)11-12-22(19)29-15-17(27)14-26-21-8-6-5-7-20(21)25-23(26)16-9-10-16/h5-8,11-13,16-17,27H,9-10,14-15H2,1-4H3. The van der Waals surface area contributed by atoms with Gasteiger partial charge in [0.05, 0.1) is 24.7 Å². The molecule has 1 unspecified atom stereocenters. The molecule has 5 heteroatoms. The van der Waals surface area contributed by atoms with E-state index in [1.165, 1.54) is 12.8 Å². The van der Waals surface area contributed by atoms with Gasteiger partial charge in [-0.3, -0.25) is 0 Å². The van der Waals surface area contributed by atoms with Crippen molar-refractivity contribution < 1.29 is 14.6 Å². The molecular weight excluding hydrogens is 364 g/mol. The Morgan fingerprint density at radius 2 is 1.93 bits per heavy atom. The number of aliphatic hydroxyl groups is 1. The smallest absolute Gasteiger partial charge is 0.123 e. The molecule has 1 heterocycles. The molecule has 1 aromatic heterocycles. The SMILES string of the molecule is COc1ccc(OCC(O)Cn2c(C3CC3)nc3ccccc32)c(C(C)(C)C)c1. The average Bonchev–Trinajstić information content (AvgIpc) is 3.48. The normalized spacial score (nSPS) is 15.5. The maximum Gasteiger partial charge on any atom is 0.123 e. The second-order valence-corrected chi connectivity index (χ2v) is 8.92. The number of hydrogen-bond acceptors (Lipinski definition) is 4. The van der Waals surface area contributed by atoms with E-state index in [1.807, 2.05) is 36.4 Å². The molecule has 2 aromatic carbocycles. The fourth-order valence-corrected chi connectivity index (χ4v) is 3.74. The number of ether oxygens (including phenoxy) is 2. The third-order valence-corrected chi connectivity index (χ3v) is 5.45. The van der Waals surface area contributed by atoms with E-state index >= 15 is 0 Å². The van der Waals surface area contributed by atoms with Gasteiger partial charge in [0.25, 0.3) is 0 Å². The van der Waals surface area contributed by atoms with Gasteiger partial charge in [-0.1, -0.05) is 32.9 Å². The summed E-state index contributed by atoms with van der Waals surface area (Å²) >= 11 is 0. The number of methoxy groups -OCH3 is 1. The third kappa shape index (κ3) is 4.25. The summed E-state index contributed by atoms with van der Waals surface area (Å²) in [5, 5.41) is 10.8. The summed E-state index contributed by atoms with van der Waals surface area (Å²) < 4.78 is 13.6. The van der Waals surface area contributed by atoms with Crippen molar-refractivity contribution in [2.75, 3.05) is 13.7 Å². The Morgan fingerprint density at radius 3 is 2.62 bits per heavy atom. The summed E-state index contributed by atoms with van der Waals surface area (Å²) in [5.74, 6) is 3.20. The van der Waals surface area contributed by atoms with E-state index in [4.69, 9.17) is 14.5 Å². The minimum Gasteiger partial charge on any atom is -0.497 e. The number of fused-ring (bicyclic) bond motifs is 1. The maximum absolute atomic E-state index is 10.8. The fraction of sp³-hybridized carbons (Fsp3) is 0.458. The van der Waals surface area contributed by atoms with Gasteiger partial charge in [-0.15, -0.1) is 0 Å². The summed E-state index contributed by atoms with van der Waals surface area (Å²) in [6, 6.07) is 14.0. The van der Waals surface area contributed by atoms with Crippen LogP contribution in [0.1, 0.15) is 50.9 Å². The topological polar surface area (TPSA) is 56.5 Å². The number of aliphatic hydroxyl groups excluding tert-OH is 1. The zero-order valence-electron chi connectivity index (χ0n) is 17.7. The van der Waals surface area contributed by atoms with Gasteiger partial charge in [0, 0.05) is 11.5 Å². The van der Waals surface area contributed by atoms with Gasteiger partial charge in [-0.2, -0.15) is 0 Å². The van der Waals surface area contributed by atoms with Crippen molar-refractivity contribution in [3.8, 4) is 11.5 Å². The van der Waals surface area contributed by atoms with Crippen LogP contribution in [0.4, 0.5) is 0 Å². The van der Waals surface area contributed by atoms with E-state index in [-0.39, 0.29) is 12.0 Å². The summed E-state index contributed by atoms with van der Waals surface area (Å²) in [4.78, 5) is 4.81. The molecule has 1 aliphatic rings. The number of imidazole rings is 1. The highest BCUT2D eigenvalue weighted by molar-refractivity contribution is 5.76. The van der Waals surface area contributed by atoms with Crippen molar-refractivity contribution in [2.45, 2.75) is 57.6 Å². The van der Waals surface area contributed by atoms with Crippen LogP contribution < -0.4 is 9.47 Å². The zero-order valence-corrected chi connectivity index (χ0v) is 17.7. The van der Waals surface area contributed by atoms with Crippen molar-refractivity contribution in [1.82, 2.24) is 9.55 Å². The molecule has 1 N–H and O–H groups in total. The number of para-hydroxylation sites is 2. The molecule has 0 aliphatic heterocycles. The predicted octanol–water partition coefficient (Wildman–Crippen LogP) is 4.66. The van der Waals surface area contributed by atoms with Crippen LogP contribution in [-0.4, -0.2) is 34.5 Å². The summed E-state index contributed by atoms with van der Waals surface area (Å²) in [5.41, 5.74) is 3.05. The lowest BCUT2D eigenvalue weighted by Gasteiger charge is -2.24. The first-order valence-electron chi connectivity index (χ1n) is 10.3. The van der Waals surface area contributed by atoms with Crippen LogP contribution in [0, 0.1) is 0 Å². The highest BCUT2D eigenvalue weighted by Crippen LogP contribution is 2.41. The molecule has 5 nitrogen and oxygen atoms in total. The first kappa shape index (κ1) is 19.8. The van der Waals surface area contributed by atoms with Gasteiger partial charge in [0.2, 0.25) is 0 Å². The second-order valence-electron chi connectivity index (χ2n) is 8.92. The van der Waals surface area contributed by atoms with Crippen LogP contribution in [-0.2, 0) is 12.0 Å². The molecule has 4 rings (SSSR count). The van der Waals surface area contributed by atoms with Crippen LogP contribution in [0.5, 0.6) is 11.5 Å². The molecule has 0 saturated heterocycles. The summed E-state index contributed by atoms with van der Waals surface area (Å²) in [6.07, 6.45) is 1.73. The minimum atomic E-state index is -0.625. The van der Waals surface area contributed by atoms with Gasteiger partial charge < -0.3 is 19.1 Å². The molecule has 0 bridgehead atoms. The van der Waals surface area contributed by atoms with Crippen LogP contribution in [0.25, 0.3) is 11.0 Å². The maximum atomic E-state index is 10.8. The van der Waals surface area contributed by atoms with Crippen LogP contribution >= 0.6 is 0 Å². The third-order valence-electron chi connectivity index (χ3n) is 5.45. The summed E-state index contributed by atoms with van der Waals surface area (Å²) in [6.45, 7) is 7.14. The van der Waals surface area contributed by atoms with E-state index in [0.29, 0.717) is 12.5 Å². The van der Waals surface area contributed by atoms with Gasteiger partial charge in [-0.25, -0.2) is 4.98 Å². The molecule has 3 aromatic rings. The van der Waals surface area contributed by atoms with Crippen molar-refractivity contribution >= 4 is 11.0 Å². The zero-order chi connectivity index (χ0) is 20.6. The van der Waals surface area contributed by atoms with E-state index in [0.717, 1.165) is 33.9 Å². The van der Waals surface area contributed by atoms with Crippen molar-refractivity contribution in [2.24, 2.45) is 0 Å². The first-order valence-corrected chi connectivity index (χ1v) is 10.3. The van der Waals surface area contributed by atoms with Crippen LogP contribution in [0.2, 0.25) is 0 Å². The number of benzene rings is 2. The van der Waals surface area contributed by atoms with Crippen molar-refractivity contribution in [3.63, 3.8) is 0 Å². The second kappa shape index (κ2) is 7.71. The van der Waals surface area contributed by atoms with Crippen molar-refractivity contribution in [3.05, 3.63) is 53.9 Å². The average molecular weight is 395 g/mol. The Morgan fingerprint density at radius 1 is 1.17 bits per heavy atom.